The average molecular weight is 312 g/mol. The molecule has 0 radical (unpaired) electrons. The van der Waals surface area contributed by atoms with Crippen LogP contribution >= 0.6 is 0 Å². The molecule has 0 saturated carbocycles. The molecule has 2 aromatic rings. The second kappa shape index (κ2) is 5.56. The van der Waals surface area contributed by atoms with Crippen molar-refractivity contribution >= 4 is 10.0 Å². The van der Waals surface area contributed by atoms with Gasteiger partial charge in [-0.15, -0.1) is 0 Å². The molecule has 1 heterocycles. The molecule has 0 aliphatic carbocycles. The Hall–Kier alpha value is -2.16. The van der Waals surface area contributed by atoms with Crippen LogP contribution in [0.4, 0.5) is 0 Å². The van der Waals surface area contributed by atoms with Gasteiger partial charge in [-0.1, -0.05) is 36.4 Å². The predicted molar refractivity (Wildman–Crippen MR) is 83.6 cm³/mol. The zero-order chi connectivity index (χ0) is 15.7. The highest BCUT2D eigenvalue weighted by atomic mass is 32.2. The van der Waals surface area contributed by atoms with E-state index in [2.05, 4.69) is 0 Å². The number of fused-ring (bicyclic) bond motifs is 1. The predicted octanol–water partition coefficient (Wildman–Crippen LogP) is 2.87. The van der Waals surface area contributed by atoms with Crippen LogP contribution in [-0.2, 0) is 16.4 Å². The molecule has 0 fully saturated rings. The summed E-state index contributed by atoms with van der Waals surface area (Å²) in [4.78, 5) is 0.0868. The Kier molecular flexibility index (Phi) is 3.73. The molecule has 1 aliphatic heterocycles. The number of hydrogen-bond acceptors (Lipinski definition) is 3. The molecule has 4 nitrogen and oxygen atoms in total. The second-order valence-corrected chi connectivity index (χ2v) is 7.21. The van der Waals surface area contributed by atoms with E-state index < -0.39 is 10.0 Å². The van der Waals surface area contributed by atoms with Crippen LogP contribution in [0.15, 0.2) is 53.4 Å². The number of nitrogens with zero attached hydrogens (tertiary/aromatic N) is 2. The van der Waals surface area contributed by atoms with Crippen molar-refractivity contribution in [2.45, 2.75) is 24.3 Å². The summed E-state index contributed by atoms with van der Waals surface area (Å²) in [7, 11) is -3.69. The smallest absolute Gasteiger partial charge is 0.207 e. The van der Waals surface area contributed by atoms with Crippen LogP contribution in [0.2, 0.25) is 0 Å². The first-order valence-corrected chi connectivity index (χ1v) is 8.58. The highest BCUT2D eigenvalue weighted by molar-refractivity contribution is 7.89. The summed E-state index contributed by atoms with van der Waals surface area (Å²) in [5, 5.41) is 9.17. The van der Waals surface area contributed by atoms with Gasteiger partial charge in [-0.05, 0) is 36.6 Å². The minimum Gasteiger partial charge on any atom is -0.207 e. The Bertz CT molecular complexity index is 853. The highest BCUT2D eigenvalue weighted by Gasteiger charge is 2.34. The van der Waals surface area contributed by atoms with Crippen LogP contribution in [0, 0.1) is 11.3 Å². The molecule has 0 N–H and O–H groups in total. The van der Waals surface area contributed by atoms with Gasteiger partial charge in [0.15, 0.2) is 0 Å². The number of nitriles is 1. The monoisotopic (exact) mass is 312 g/mol. The fraction of sp³-hybridized carbons (Fsp3) is 0.235. The normalized spacial score (nSPS) is 18.5. The lowest BCUT2D eigenvalue weighted by Crippen LogP contribution is -2.39. The van der Waals surface area contributed by atoms with Crippen molar-refractivity contribution < 1.29 is 8.42 Å². The lowest BCUT2D eigenvalue weighted by Gasteiger charge is -2.34. The lowest BCUT2D eigenvalue weighted by atomic mass is 9.96. The summed E-state index contributed by atoms with van der Waals surface area (Å²) < 4.78 is 27.4. The highest BCUT2D eigenvalue weighted by Crippen LogP contribution is 2.34. The molecule has 0 saturated heterocycles. The summed E-state index contributed by atoms with van der Waals surface area (Å²) in [6, 6.07) is 16.0. The summed E-state index contributed by atoms with van der Waals surface area (Å²) >= 11 is 0. The van der Waals surface area contributed by atoms with E-state index in [9.17, 15) is 13.7 Å². The largest absolute Gasteiger partial charge is 0.244 e. The molecule has 0 bridgehead atoms. The van der Waals surface area contributed by atoms with Crippen molar-refractivity contribution in [1.82, 2.24) is 4.31 Å². The van der Waals surface area contributed by atoms with E-state index in [0.29, 0.717) is 13.0 Å². The van der Waals surface area contributed by atoms with E-state index in [1.807, 2.05) is 37.3 Å². The van der Waals surface area contributed by atoms with E-state index in [4.69, 9.17) is 0 Å². The molecule has 1 atom stereocenters. The van der Waals surface area contributed by atoms with Crippen molar-refractivity contribution in [1.29, 1.82) is 5.26 Å². The van der Waals surface area contributed by atoms with Crippen molar-refractivity contribution in [2.24, 2.45) is 0 Å². The van der Waals surface area contributed by atoms with E-state index in [1.165, 1.54) is 22.0 Å². The molecule has 0 aromatic heterocycles. The summed E-state index contributed by atoms with van der Waals surface area (Å²) in [5.41, 5.74) is 2.41. The first-order chi connectivity index (χ1) is 10.6. The van der Waals surface area contributed by atoms with Crippen LogP contribution in [0.1, 0.15) is 29.7 Å². The van der Waals surface area contributed by atoms with Gasteiger partial charge in [0.2, 0.25) is 10.0 Å². The van der Waals surface area contributed by atoms with Gasteiger partial charge in [0, 0.05) is 12.6 Å². The van der Waals surface area contributed by atoms with Crippen molar-refractivity contribution in [3.63, 3.8) is 0 Å². The molecule has 5 heteroatoms. The van der Waals surface area contributed by atoms with Crippen LogP contribution in [-0.4, -0.2) is 19.3 Å². The van der Waals surface area contributed by atoms with Gasteiger partial charge < -0.3 is 0 Å². The van der Waals surface area contributed by atoms with Crippen molar-refractivity contribution in [3.8, 4) is 6.07 Å². The topological polar surface area (TPSA) is 61.2 Å². The third-order valence-electron chi connectivity index (χ3n) is 4.13. The van der Waals surface area contributed by atoms with Gasteiger partial charge in [0.25, 0.3) is 0 Å². The second-order valence-electron chi connectivity index (χ2n) is 5.35. The van der Waals surface area contributed by atoms with E-state index in [0.717, 1.165) is 5.56 Å². The molecule has 22 heavy (non-hydrogen) atoms. The Morgan fingerprint density at radius 3 is 2.59 bits per heavy atom. The Morgan fingerprint density at radius 1 is 1.14 bits per heavy atom. The molecule has 112 valence electrons. The lowest BCUT2D eigenvalue weighted by molar-refractivity contribution is 0.326. The fourth-order valence-electron chi connectivity index (χ4n) is 2.99. The van der Waals surface area contributed by atoms with Gasteiger partial charge in [-0.3, -0.25) is 0 Å². The minimum absolute atomic E-state index is 0.0868. The van der Waals surface area contributed by atoms with Crippen molar-refractivity contribution in [3.05, 3.63) is 65.2 Å². The number of hydrogen-bond donors (Lipinski definition) is 0. The Morgan fingerprint density at radius 2 is 1.82 bits per heavy atom. The van der Waals surface area contributed by atoms with E-state index >= 15 is 0 Å². The number of sulfonamides is 1. The van der Waals surface area contributed by atoms with Gasteiger partial charge >= 0.3 is 0 Å². The van der Waals surface area contributed by atoms with E-state index in [-0.39, 0.29) is 16.5 Å². The minimum atomic E-state index is -3.69. The van der Waals surface area contributed by atoms with Crippen LogP contribution in [0.3, 0.4) is 0 Å². The molecule has 0 amide bonds. The Labute approximate surface area is 130 Å². The zero-order valence-corrected chi connectivity index (χ0v) is 13.0. The molecular formula is C17H16N2O2S. The quantitative estimate of drug-likeness (QED) is 0.856. The van der Waals surface area contributed by atoms with Crippen molar-refractivity contribution in [2.75, 3.05) is 6.54 Å². The van der Waals surface area contributed by atoms with E-state index in [1.54, 1.807) is 12.1 Å². The third kappa shape index (κ3) is 2.31. The van der Waals surface area contributed by atoms with Crippen LogP contribution < -0.4 is 0 Å². The first kappa shape index (κ1) is 14.8. The van der Waals surface area contributed by atoms with Crippen LogP contribution in [0.25, 0.3) is 0 Å². The molecule has 3 rings (SSSR count). The maximum Gasteiger partial charge on any atom is 0.244 e. The van der Waals surface area contributed by atoms with Gasteiger partial charge in [0.05, 0.1) is 10.5 Å². The molecule has 2 aromatic carbocycles. The third-order valence-corrected chi connectivity index (χ3v) is 6.16. The molecule has 1 aliphatic rings. The van der Waals surface area contributed by atoms with Gasteiger partial charge in [-0.2, -0.15) is 9.57 Å². The van der Waals surface area contributed by atoms with Gasteiger partial charge in [-0.25, -0.2) is 8.42 Å². The summed E-state index contributed by atoms with van der Waals surface area (Å²) in [5.74, 6) is 0. The summed E-state index contributed by atoms with van der Waals surface area (Å²) in [6.45, 7) is 2.32. The molecule has 0 spiro atoms. The summed E-state index contributed by atoms with van der Waals surface area (Å²) in [6.07, 6.45) is 0.689. The average Bonchev–Trinajstić information content (AvgIpc) is 2.55. The van der Waals surface area contributed by atoms with Gasteiger partial charge in [0.1, 0.15) is 6.07 Å². The standard InChI is InChI=1S/C17H16N2O2S/c1-13-16-8-4-2-6-14(16)10-11-19(13)22(20,21)17-9-5-3-7-15(17)12-18/h2-9,13H,10-11H2,1H3. The molecule has 1 unspecified atom stereocenters. The molecular weight excluding hydrogens is 296 g/mol. The fourth-order valence-corrected chi connectivity index (χ4v) is 4.74. The zero-order valence-electron chi connectivity index (χ0n) is 12.2. The SMILES string of the molecule is CC1c2ccccc2CCN1S(=O)(=O)c1ccccc1C#N. The van der Waals surface area contributed by atoms with Crippen LogP contribution in [0.5, 0.6) is 0 Å². The maximum absolute atomic E-state index is 13.0. The number of benzene rings is 2. The number of rotatable bonds is 2. The maximum atomic E-state index is 13.0. The Balaban J connectivity index is 2.06. The first-order valence-electron chi connectivity index (χ1n) is 7.14.